The van der Waals surface area contributed by atoms with E-state index in [1.165, 1.54) is 0 Å². The summed E-state index contributed by atoms with van der Waals surface area (Å²) >= 11 is 1.88. The minimum absolute atomic E-state index is 0.0487. The predicted molar refractivity (Wildman–Crippen MR) is 90.5 cm³/mol. The number of likely N-dealkylation sites (tertiary alicyclic amines) is 1. The van der Waals surface area contributed by atoms with Crippen molar-refractivity contribution < 1.29 is 0 Å². The molecule has 0 radical (unpaired) electrons. The Labute approximate surface area is 139 Å². The van der Waals surface area contributed by atoms with Gasteiger partial charge in [0.1, 0.15) is 0 Å². The molecule has 2 aliphatic heterocycles. The number of rotatable bonds is 4. The van der Waals surface area contributed by atoms with Gasteiger partial charge in [0, 0.05) is 49.5 Å². The van der Waals surface area contributed by atoms with Crippen molar-refractivity contribution in [1.29, 1.82) is 0 Å². The number of aromatic nitrogens is 4. The van der Waals surface area contributed by atoms with Gasteiger partial charge in [0.15, 0.2) is 0 Å². The van der Waals surface area contributed by atoms with Gasteiger partial charge in [0.05, 0.1) is 17.9 Å². The van der Waals surface area contributed by atoms with E-state index in [4.69, 9.17) is 0 Å². The summed E-state index contributed by atoms with van der Waals surface area (Å²) in [6.07, 6.45) is 0.982. The SMILES string of the molecule is Cc1cc(CN2CC(Cn3nc4c(cc3=O)CSCC4)C2)n[nH]1. The van der Waals surface area contributed by atoms with Crippen LogP contribution in [0.1, 0.15) is 22.6 Å². The number of aromatic amines is 1. The lowest BCUT2D eigenvalue weighted by Gasteiger charge is -2.38. The fourth-order valence-corrected chi connectivity index (χ4v) is 4.29. The van der Waals surface area contributed by atoms with Crippen LogP contribution in [0.5, 0.6) is 0 Å². The van der Waals surface area contributed by atoms with E-state index in [9.17, 15) is 4.79 Å². The van der Waals surface area contributed by atoms with Crippen LogP contribution in [0.25, 0.3) is 0 Å². The summed E-state index contributed by atoms with van der Waals surface area (Å²) in [6, 6.07) is 3.87. The maximum atomic E-state index is 12.2. The van der Waals surface area contributed by atoms with E-state index in [2.05, 4.69) is 26.3 Å². The van der Waals surface area contributed by atoms with Crippen molar-refractivity contribution in [1.82, 2.24) is 24.9 Å². The van der Waals surface area contributed by atoms with Crippen LogP contribution in [-0.2, 0) is 25.3 Å². The summed E-state index contributed by atoms with van der Waals surface area (Å²) in [4.78, 5) is 14.6. The van der Waals surface area contributed by atoms with Gasteiger partial charge in [-0.1, -0.05) is 0 Å². The number of thioether (sulfide) groups is 1. The monoisotopic (exact) mass is 331 g/mol. The molecule has 4 heterocycles. The first kappa shape index (κ1) is 15.0. The highest BCUT2D eigenvalue weighted by molar-refractivity contribution is 7.98. The highest BCUT2D eigenvalue weighted by Crippen LogP contribution is 2.22. The first-order valence-corrected chi connectivity index (χ1v) is 9.24. The number of fused-ring (bicyclic) bond motifs is 1. The maximum absolute atomic E-state index is 12.2. The zero-order valence-corrected chi connectivity index (χ0v) is 14.1. The van der Waals surface area contributed by atoms with Gasteiger partial charge in [0.25, 0.3) is 5.56 Å². The van der Waals surface area contributed by atoms with Crippen molar-refractivity contribution in [2.45, 2.75) is 32.2 Å². The lowest BCUT2D eigenvalue weighted by atomic mass is 10.00. The topological polar surface area (TPSA) is 66.8 Å². The summed E-state index contributed by atoms with van der Waals surface area (Å²) in [6.45, 7) is 5.64. The van der Waals surface area contributed by atoms with Crippen LogP contribution in [-0.4, -0.2) is 43.7 Å². The quantitative estimate of drug-likeness (QED) is 0.912. The number of nitrogens with one attached hydrogen (secondary N) is 1. The van der Waals surface area contributed by atoms with E-state index in [0.29, 0.717) is 5.92 Å². The fraction of sp³-hybridized carbons (Fsp3) is 0.562. The van der Waals surface area contributed by atoms with E-state index in [0.717, 1.165) is 66.8 Å². The average Bonchev–Trinajstić information content (AvgIpc) is 2.91. The molecule has 0 spiro atoms. The van der Waals surface area contributed by atoms with Crippen LogP contribution in [0.15, 0.2) is 16.9 Å². The number of aryl methyl sites for hydroxylation is 2. The molecule has 0 aliphatic carbocycles. The first-order chi connectivity index (χ1) is 11.2. The highest BCUT2D eigenvalue weighted by atomic mass is 32.2. The molecule has 1 N–H and O–H groups in total. The van der Waals surface area contributed by atoms with E-state index >= 15 is 0 Å². The molecule has 7 heteroatoms. The van der Waals surface area contributed by atoms with Crippen molar-refractivity contribution in [3.63, 3.8) is 0 Å². The summed E-state index contributed by atoms with van der Waals surface area (Å²) < 4.78 is 1.68. The Morgan fingerprint density at radius 3 is 3.04 bits per heavy atom. The van der Waals surface area contributed by atoms with Gasteiger partial charge in [-0.05, 0) is 24.3 Å². The molecule has 0 saturated carbocycles. The second kappa shape index (κ2) is 6.13. The Kier molecular flexibility index (Phi) is 3.98. The fourth-order valence-electron chi connectivity index (χ4n) is 3.33. The minimum Gasteiger partial charge on any atom is -0.297 e. The third kappa shape index (κ3) is 3.21. The Balaban J connectivity index is 1.36. The van der Waals surface area contributed by atoms with Crippen molar-refractivity contribution in [2.24, 2.45) is 5.92 Å². The molecular weight excluding hydrogens is 310 g/mol. The van der Waals surface area contributed by atoms with Gasteiger partial charge in [-0.25, -0.2) is 4.68 Å². The normalized spacial score (nSPS) is 18.7. The van der Waals surface area contributed by atoms with Gasteiger partial charge in [-0.3, -0.25) is 14.8 Å². The molecule has 122 valence electrons. The number of hydrogen-bond donors (Lipinski definition) is 1. The standard InChI is InChI=1S/C16H21N5OS/c1-11-4-14(18-17-11)9-20-6-12(7-20)8-21-16(22)5-13-10-23-3-2-15(13)19-21/h4-5,12H,2-3,6-10H2,1H3,(H,17,18). The third-order valence-electron chi connectivity index (χ3n) is 4.51. The summed E-state index contributed by atoms with van der Waals surface area (Å²) in [7, 11) is 0. The molecule has 0 bridgehead atoms. The minimum atomic E-state index is 0.0487. The van der Waals surface area contributed by atoms with Gasteiger partial charge in [-0.2, -0.15) is 22.0 Å². The number of H-pyrrole nitrogens is 1. The zero-order valence-electron chi connectivity index (χ0n) is 13.3. The number of nitrogens with zero attached hydrogens (tertiary/aromatic N) is 4. The summed E-state index contributed by atoms with van der Waals surface area (Å²) in [5, 5.41) is 11.9. The second-order valence-electron chi connectivity index (χ2n) is 6.54. The van der Waals surface area contributed by atoms with Gasteiger partial charge in [-0.15, -0.1) is 0 Å². The zero-order chi connectivity index (χ0) is 15.8. The lowest BCUT2D eigenvalue weighted by Crippen LogP contribution is -2.49. The van der Waals surface area contributed by atoms with E-state index in [1.54, 1.807) is 10.7 Å². The number of hydrogen-bond acceptors (Lipinski definition) is 5. The van der Waals surface area contributed by atoms with Gasteiger partial charge < -0.3 is 0 Å². The summed E-state index contributed by atoms with van der Waals surface area (Å²) in [5.41, 5.74) is 4.48. The van der Waals surface area contributed by atoms with E-state index in [1.807, 2.05) is 18.7 Å². The molecule has 23 heavy (non-hydrogen) atoms. The van der Waals surface area contributed by atoms with E-state index < -0.39 is 0 Å². The Bertz CT molecular complexity index is 762. The average molecular weight is 331 g/mol. The smallest absolute Gasteiger partial charge is 0.267 e. The molecule has 1 saturated heterocycles. The van der Waals surface area contributed by atoms with Crippen LogP contribution < -0.4 is 5.56 Å². The molecule has 0 unspecified atom stereocenters. The molecule has 4 rings (SSSR count). The molecule has 2 aromatic heterocycles. The molecule has 2 aromatic rings. The van der Waals surface area contributed by atoms with Crippen LogP contribution in [0.3, 0.4) is 0 Å². The van der Waals surface area contributed by atoms with Gasteiger partial charge in [0.2, 0.25) is 0 Å². The van der Waals surface area contributed by atoms with Crippen LogP contribution >= 0.6 is 11.8 Å². The molecule has 0 atom stereocenters. The summed E-state index contributed by atoms with van der Waals surface area (Å²) in [5.74, 6) is 2.55. The molecule has 2 aliphatic rings. The van der Waals surface area contributed by atoms with Gasteiger partial charge >= 0.3 is 0 Å². The third-order valence-corrected chi connectivity index (χ3v) is 5.52. The van der Waals surface area contributed by atoms with Crippen LogP contribution in [0.4, 0.5) is 0 Å². The maximum Gasteiger partial charge on any atom is 0.267 e. The van der Waals surface area contributed by atoms with Crippen molar-refractivity contribution >= 4 is 11.8 Å². The predicted octanol–water partition coefficient (Wildman–Crippen LogP) is 1.20. The second-order valence-corrected chi connectivity index (χ2v) is 7.65. The van der Waals surface area contributed by atoms with Crippen molar-refractivity contribution in [2.75, 3.05) is 18.8 Å². The Hall–Kier alpha value is -1.60. The highest BCUT2D eigenvalue weighted by Gasteiger charge is 2.28. The van der Waals surface area contributed by atoms with Crippen LogP contribution in [0.2, 0.25) is 0 Å². The Morgan fingerprint density at radius 2 is 2.26 bits per heavy atom. The first-order valence-electron chi connectivity index (χ1n) is 8.08. The molecule has 1 fully saturated rings. The Morgan fingerprint density at radius 1 is 1.39 bits per heavy atom. The molecule has 6 nitrogen and oxygen atoms in total. The molecule has 0 aromatic carbocycles. The lowest BCUT2D eigenvalue weighted by molar-refractivity contribution is 0.0752. The van der Waals surface area contributed by atoms with E-state index in [-0.39, 0.29) is 5.56 Å². The molecular formula is C16H21N5OS. The van der Waals surface area contributed by atoms with Crippen molar-refractivity contribution in [3.8, 4) is 0 Å². The van der Waals surface area contributed by atoms with Crippen LogP contribution in [0, 0.1) is 12.8 Å². The largest absolute Gasteiger partial charge is 0.297 e. The van der Waals surface area contributed by atoms with Crippen molar-refractivity contribution in [3.05, 3.63) is 45.1 Å². The molecule has 0 amide bonds.